The molecule has 2 rings (SSSR count). The Morgan fingerprint density at radius 3 is 2.69 bits per heavy atom. The molecular weight excluding hydrogens is 202 g/mol. The van der Waals surface area contributed by atoms with E-state index in [4.69, 9.17) is 4.52 Å². The van der Waals surface area contributed by atoms with Gasteiger partial charge in [-0.1, -0.05) is 35.5 Å². The van der Waals surface area contributed by atoms with E-state index < -0.39 is 0 Å². The van der Waals surface area contributed by atoms with Crippen molar-refractivity contribution in [1.29, 1.82) is 0 Å². The Labute approximate surface area is 93.4 Å². The van der Waals surface area contributed by atoms with E-state index in [9.17, 15) is 4.79 Å². The summed E-state index contributed by atoms with van der Waals surface area (Å²) in [7, 11) is 0. The fourth-order valence-corrected chi connectivity index (χ4v) is 1.52. The van der Waals surface area contributed by atoms with Gasteiger partial charge < -0.3 is 4.52 Å². The predicted octanol–water partition coefficient (Wildman–Crippen LogP) is 2.86. The van der Waals surface area contributed by atoms with Crippen molar-refractivity contribution < 1.29 is 9.32 Å². The molecule has 0 spiro atoms. The van der Waals surface area contributed by atoms with Gasteiger partial charge in [-0.3, -0.25) is 4.79 Å². The van der Waals surface area contributed by atoms with Crippen molar-refractivity contribution in [2.24, 2.45) is 0 Å². The van der Waals surface area contributed by atoms with Crippen molar-refractivity contribution in [1.82, 2.24) is 5.16 Å². The molecule has 1 aromatic carbocycles. The summed E-state index contributed by atoms with van der Waals surface area (Å²) in [5.74, 6) is 0.706. The third-order valence-electron chi connectivity index (χ3n) is 2.30. The number of benzene rings is 1. The van der Waals surface area contributed by atoms with E-state index in [1.807, 2.05) is 37.3 Å². The van der Waals surface area contributed by atoms with E-state index in [1.165, 1.54) is 6.08 Å². The van der Waals surface area contributed by atoms with Crippen LogP contribution in [0.5, 0.6) is 0 Å². The molecule has 0 aliphatic carbocycles. The molecule has 0 aliphatic heterocycles. The second kappa shape index (κ2) is 4.57. The van der Waals surface area contributed by atoms with E-state index in [-0.39, 0.29) is 0 Å². The number of hydrogen-bond acceptors (Lipinski definition) is 3. The number of aldehydes is 1. The van der Waals surface area contributed by atoms with Gasteiger partial charge in [0.05, 0.1) is 0 Å². The van der Waals surface area contributed by atoms with Crippen LogP contribution in [0, 0.1) is 6.92 Å². The highest BCUT2D eigenvalue weighted by molar-refractivity contribution is 5.79. The largest absolute Gasteiger partial charge is 0.360 e. The Balaban J connectivity index is 2.50. The lowest BCUT2D eigenvalue weighted by atomic mass is 10.1. The van der Waals surface area contributed by atoms with Gasteiger partial charge in [-0.25, -0.2) is 0 Å². The lowest BCUT2D eigenvalue weighted by Crippen LogP contribution is -1.81. The first-order valence-corrected chi connectivity index (χ1v) is 4.96. The van der Waals surface area contributed by atoms with Gasteiger partial charge in [0.15, 0.2) is 0 Å². The average Bonchev–Trinajstić information content (AvgIpc) is 2.69. The summed E-state index contributed by atoms with van der Waals surface area (Å²) in [6, 6.07) is 9.72. The quantitative estimate of drug-likeness (QED) is 0.581. The van der Waals surface area contributed by atoms with E-state index in [2.05, 4.69) is 5.16 Å². The lowest BCUT2D eigenvalue weighted by molar-refractivity contribution is -0.104. The molecule has 2 aromatic rings. The van der Waals surface area contributed by atoms with Gasteiger partial charge >= 0.3 is 0 Å². The van der Waals surface area contributed by atoms with Crippen LogP contribution in [0.3, 0.4) is 0 Å². The van der Waals surface area contributed by atoms with Gasteiger partial charge in [-0.15, -0.1) is 0 Å². The fraction of sp³-hybridized carbons (Fsp3) is 0.0769. The third kappa shape index (κ3) is 1.93. The molecule has 3 nitrogen and oxygen atoms in total. The number of allylic oxidation sites excluding steroid dienone is 1. The number of carbonyl (C=O) groups excluding carboxylic acids is 1. The first-order chi connectivity index (χ1) is 7.83. The molecular formula is C13H11NO2. The molecule has 0 unspecified atom stereocenters. The molecule has 0 saturated carbocycles. The van der Waals surface area contributed by atoms with Crippen LogP contribution in [0.15, 0.2) is 40.9 Å². The zero-order valence-electron chi connectivity index (χ0n) is 8.88. The molecule has 0 aliphatic rings. The molecule has 0 fully saturated rings. The average molecular weight is 213 g/mol. The summed E-state index contributed by atoms with van der Waals surface area (Å²) in [5, 5.41) is 4.00. The van der Waals surface area contributed by atoms with Crippen molar-refractivity contribution in [2.75, 3.05) is 0 Å². The summed E-state index contributed by atoms with van der Waals surface area (Å²) in [5.41, 5.74) is 2.58. The van der Waals surface area contributed by atoms with Crippen LogP contribution in [-0.4, -0.2) is 11.4 Å². The maximum absolute atomic E-state index is 10.3. The van der Waals surface area contributed by atoms with Gasteiger partial charge in [0.2, 0.25) is 0 Å². The molecule has 0 bridgehead atoms. The summed E-state index contributed by atoms with van der Waals surface area (Å²) < 4.78 is 5.13. The number of aromatic nitrogens is 1. The molecule has 1 heterocycles. The van der Waals surface area contributed by atoms with Crippen LogP contribution < -0.4 is 0 Å². The number of carbonyl (C=O) groups is 1. The SMILES string of the molecule is Cc1onc(-c2ccccc2)c1/C=C/C=O. The molecule has 3 heteroatoms. The fourth-order valence-electron chi connectivity index (χ4n) is 1.52. The summed E-state index contributed by atoms with van der Waals surface area (Å²) in [4.78, 5) is 10.3. The molecule has 0 radical (unpaired) electrons. The van der Waals surface area contributed by atoms with Crippen LogP contribution >= 0.6 is 0 Å². The zero-order chi connectivity index (χ0) is 11.4. The monoisotopic (exact) mass is 213 g/mol. The Hall–Kier alpha value is -2.16. The van der Waals surface area contributed by atoms with Crippen LogP contribution in [-0.2, 0) is 4.79 Å². The Morgan fingerprint density at radius 1 is 1.25 bits per heavy atom. The number of aryl methyl sites for hydroxylation is 1. The molecule has 80 valence electrons. The first kappa shape index (κ1) is 10.4. The minimum Gasteiger partial charge on any atom is -0.360 e. The maximum atomic E-state index is 10.3. The standard InChI is InChI=1S/C13H11NO2/c1-10-12(8-5-9-15)13(14-16-10)11-6-3-2-4-7-11/h2-9H,1H3/b8-5+. The van der Waals surface area contributed by atoms with Crippen LogP contribution in [0.25, 0.3) is 17.3 Å². The normalized spacial score (nSPS) is 10.8. The second-order valence-corrected chi connectivity index (χ2v) is 3.36. The summed E-state index contributed by atoms with van der Waals surface area (Å²) >= 11 is 0. The minimum atomic E-state index is 0.706. The molecule has 0 N–H and O–H groups in total. The highest BCUT2D eigenvalue weighted by atomic mass is 16.5. The summed E-state index contributed by atoms with van der Waals surface area (Å²) in [6.45, 7) is 1.82. The zero-order valence-corrected chi connectivity index (χ0v) is 8.88. The topological polar surface area (TPSA) is 43.1 Å². The van der Waals surface area contributed by atoms with Gasteiger partial charge in [0, 0.05) is 11.1 Å². The predicted molar refractivity (Wildman–Crippen MR) is 61.8 cm³/mol. The van der Waals surface area contributed by atoms with Gasteiger partial charge in [-0.05, 0) is 19.1 Å². The number of rotatable bonds is 3. The van der Waals surface area contributed by atoms with Crippen LogP contribution in [0.4, 0.5) is 0 Å². The number of hydrogen-bond donors (Lipinski definition) is 0. The molecule has 1 aromatic heterocycles. The first-order valence-electron chi connectivity index (χ1n) is 4.96. The van der Waals surface area contributed by atoms with Crippen LogP contribution in [0.2, 0.25) is 0 Å². The Bertz CT molecular complexity index is 512. The van der Waals surface area contributed by atoms with Crippen molar-refractivity contribution in [3.63, 3.8) is 0 Å². The Morgan fingerprint density at radius 2 is 2.00 bits per heavy atom. The third-order valence-corrected chi connectivity index (χ3v) is 2.30. The van der Waals surface area contributed by atoms with Crippen molar-refractivity contribution in [3.05, 3.63) is 47.7 Å². The van der Waals surface area contributed by atoms with Gasteiger partial charge in [-0.2, -0.15) is 0 Å². The summed E-state index contributed by atoms with van der Waals surface area (Å²) in [6.07, 6.45) is 3.88. The molecule has 16 heavy (non-hydrogen) atoms. The van der Waals surface area contributed by atoms with E-state index >= 15 is 0 Å². The van der Waals surface area contributed by atoms with Crippen molar-refractivity contribution >= 4 is 12.4 Å². The molecule has 0 atom stereocenters. The maximum Gasteiger partial charge on any atom is 0.142 e. The van der Waals surface area contributed by atoms with Gasteiger partial charge in [0.1, 0.15) is 17.7 Å². The van der Waals surface area contributed by atoms with E-state index in [1.54, 1.807) is 6.08 Å². The van der Waals surface area contributed by atoms with Crippen molar-refractivity contribution in [2.45, 2.75) is 6.92 Å². The molecule has 0 saturated heterocycles. The Kier molecular flexibility index (Phi) is 2.96. The van der Waals surface area contributed by atoms with E-state index in [0.29, 0.717) is 5.76 Å². The minimum absolute atomic E-state index is 0.706. The number of nitrogens with zero attached hydrogens (tertiary/aromatic N) is 1. The second-order valence-electron chi connectivity index (χ2n) is 3.36. The molecule has 0 amide bonds. The van der Waals surface area contributed by atoms with Crippen LogP contribution in [0.1, 0.15) is 11.3 Å². The smallest absolute Gasteiger partial charge is 0.142 e. The highest BCUT2D eigenvalue weighted by Crippen LogP contribution is 2.25. The van der Waals surface area contributed by atoms with Crippen molar-refractivity contribution in [3.8, 4) is 11.3 Å². The van der Waals surface area contributed by atoms with Gasteiger partial charge in [0.25, 0.3) is 0 Å². The highest BCUT2D eigenvalue weighted by Gasteiger charge is 2.11. The van der Waals surface area contributed by atoms with E-state index in [0.717, 1.165) is 23.1 Å². The lowest BCUT2D eigenvalue weighted by Gasteiger charge is -1.96.